The van der Waals surface area contributed by atoms with Crippen molar-refractivity contribution in [3.63, 3.8) is 0 Å². The van der Waals surface area contributed by atoms with E-state index in [0.29, 0.717) is 12.0 Å². The lowest BCUT2D eigenvalue weighted by molar-refractivity contribution is -0.127. The lowest BCUT2D eigenvalue weighted by atomic mass is 10.0. The van der Waals surface area contributed by atoms with E-state index in [1.54, 1.807) is 19.0 Å². The van der Waals surface area contributed by atoms with E-state index in [1.165, 1.54) is 24.9 Å². The zero-order chi connectivity index (χ0) is 20.1. The number of nitrogens with one attached hydrogen (secondary N) is 1. The molecule has 2 saturated heterocycles. The minimum absolute atomic E-state index is 0. The van der Waals surface area contributed by atoms with Crippen molar-refractivity contribution in [3.8, 4) is 0 Å². The Morgan fingerprint density at radius 1 is 1.34 bits per heavy atom. The standard InChI is InChI=1S/C20H35N7O.HI/c1-5-26-9-6-7-18(26)12-21-20(22-13-19(28)24(2)3)27-10-8-16(15-27)17-11-23-25(4)14-17;/h11,14,16,18H,5-10,12-13,15H2,1-4H3,(H,21,22);1H. The van der Waals surface area contributed by atoms with E-state index in [-0.39, 0.29) is 36.4 Å². The number of likely N-dealkylation sites (N-methyl/N-ethyl adjacent to an activating group) is 2. The Kier molecular flexibility index (Phi) is 9.19. The molecule has 1 amide bonds. The lowest BCUT2D eigenvalue weighted by Crippen LogP contribution is -2.46. The van der Waals surface area contributed by atoms with E-state index < -0.39 is 0 Å². The second-order valence-corrected chi connectivity index (χ2v) is 8.11. The summed E-state index contributed by atoms with van der Waals surface area (Å²) in [4.78, 5) is 23.2. The molecule has 29 heavy (non-hydrogen) atoms. The fourth-order valence-electron chi connectivity index (χ4n) is 4.18. The van der Waals surface area contributed by atoms with Gasteiger partial charge in [-0.3, -0.25) is 14.4 Å². The van der Waals surface area contributed by atoms with Crippen LogP contribution in [-0.4, -0.2) is 95.8 Å². The zero-order valence-corrected chi connectivity index (χ0v) is 20.5. The quantitative estimate of drug-likeness (QED) is 0.351. The molecule has 9 heteroatoms. The number of amides is 1. The maximum absolute atomic E-state index is 12.1. The maximum atomic E-state index is 12.1. The summed E-state index contributed by atoms with van der Waals surface area (Å²) in [6.45, 7) is 7.43. The molecule has 0 bridgehead atoms. The van der Waals surface area contributed by atoms with Gasteiger partial charge in [-0.25, -0.2) is 4.99 Å². The largest absolute Gasteiger partial charge is 0.355 e. The molecule has 2 atom stereocenters. The molecule has 2 unspecified atom stereocenters. The molecule has 0 spiro atoms. The highest BCUT2D eigenvalue weighted by atomic mass is 127. The zero-order valence-electron chi connectivity index (χ0n) is 18.2. The molecule has 0 radical (unpaired) electrons. The highest BCUT2D eigenvalue weighted by molar-refractivity contribution is 14.0. The van der Waals surface area contributed by atoms with Crippen molar-refractivity contribution in [3.05, 3.63) is 18.0 Å². The third-order valence-electron chi connectivity index (χ3n) is 5.95. The molecule has 0 aromatic carbocycles. The van der Waals surface area contributed by atoms with Crippen molar-refractivity contribution < 1.29 is 4.79 Å². The molecule has 2 aliphatic rings. The van der Waals surface area contributed by atoms with E-state index in [2.05, 4.69) is 38.3 Å². The molecule has 2 aliphatic heterocycles. The molecule has 1 aromatic rings. The summed E-state index contributed by atoms with van der Waals surface area (Å²) < 4.78 is 1.86. The normalized spacial score (nSPS) is 22.6. The molecule has 164 valence electrons. The summed E-state index contributed by atoms with van der Waals surface area (Å²) in [6.07, 6.45) is 7.64. The number of guanidine groups is 1. The van der Waals surface area contributed by atoms with Gasteiger partial charge in [0.15, 0.2) is 5.96 Å². The molecule has 3 rings (SSSR count). The van der Waals surface area contributed by atoms with Crippen molar-refractivity contribution in [1.29, 1.82) is 0 Å². The van der Waals surface area contributed by atoms with Gasteiger partial charge in [-0.2, -0.15) is 5.10 Å². The molecule has 0 aliphatic carbocycles. The molecule has 3 heterocycles. The van der Waals surface area contributed by atoms with Gasteiger partial charge in [-0.15, -0.1) is 24.0 Å². The fourth-order valence-corrected chi connectivity index (χ4v) is 4.18. The minimum Gasteiger partial charge on any atom is -0.355 e. The molecule has 2 fully saturated rings. The number of aliphatic imine (C=N–C) groups is 1. The number of halogens is 1. The molecule has 8 nitrogen and oxygen atoms in total. The third-order valence-corrected chi connectivity index (χ3v) is 5.95. The molecular weight excluding hydrogens is 481 g/mol. The fraction of sp³-hybridized carbons (Fsp3) is 0.750. The number of carbonyl (C=O) groups excluding carboxylic acids is 1. The van der Waals surface area contributed by atoms with Crippen LogP contribution in [0.15, 0.2) is 17.4 Å². The summed E-state index contributed by atoms with van der Waals surface area (Å²) in [5, 5.41) is 7.90. The average Bonchev–Trinajstić information content (AvgIpc) is 3.41. The van der Waals surface area contributed by atoms with Gasteiger partial charge in [0.25, 0.3) is 0 Å². The van der Waals surface area contributed by atoms with E-state index in [9.17, 15) is 4.79 Å². The van der Waals surface area contributed by atoms with Crippen LogP contribution in [0.5, 0.6) is 0 Å². The predicted octanol–water partition coefficient (Wildman–Crippen LogP) is 1.35. The number of hydrogen-bond acceptors (Lipinski definition) is 4. The van der Waals surface area contributed by atoms with Gasteiger partial charge in [0.05, 0.1) is 6.20 Å². The Bertz CT molecular complexity index is 690. The number of carbonyl (C=O) groups is 1. The van der Waals surface area contributed by atoms with Gasteiger partial charge in [-0.1, -0.05) is 6.92 Å². The van der Waals surface area contributed by atoms with Crippen LogP contribution in [-0.2, 0) is 11.8 Å². The maximum Gasteiger partial charge on any atom is 0.243 e. The molecule has 0 saturated carbocycles. The van der Waals surface area contributed by atoms with Crippen LogP contribution in [0, 0.1) is 0 Å². The second kappa shape index (κ2) is 11.1. The number of hydrogen-bond donors (Lipinski definition) is 1. The Hall–Kier alpha value is -1.36. The van der Waals surface area contributed by atoms with Crippen LogP contribution in [0.3, 0.4) is 0 Å². The van der Waals surface area contributed by atoms with E-state index in [0.717, 1.165) is 38.6 Å². The summed E-state index contributed by atoms with van der Waals surface area (Å²) in [6, 6.07) is 0.552. The van der Waals surface area contributed by atoms with Crippen LogP contribution in [0.2, 0.25) is 0 Å². The van der Waals surface area contributed by atoms with Crippen LogP contribution in [0.1, 0.15) is 37.7 Å². The number of aryl methyl sites for hydroxylation is 1. The van der Waals surface area contributed by atoms with Crippen LogP contribution in [0.4, 0.5) is 0 Å². The number of rotatable bonds is 6. The van der Waals surface area contributed by atoms with Crippen LogP contribution in [0.25, 0.3) is 0 Å². The number of likely N-dealkylation sites (tertiary alicyclic amines) is 2. The van der Waals surface area contributed by atoms with Crippen molar-refractivity contribution in [2.24, 2.45) is 12.0 Å². The lowest BCUT2D eigenvalue weighted by Gasteiger charge is -2.27. The average molecular weight is 517 g/mol. The second-order valence-electron chi connectivity index (χ2n) is 8.11. The summed E-state index contributed by atoms with van der Waals surface area (Å²) in [5.74, 6) is 1.35. The molecule has 1 N–H and O–H groups in total. The monoisotopic (exact) mass is 517 g/mol. The van der Waals surface area contributed by atoms with Crippen molar-refractivity contribution in [2.45, 2.75) is 38.1 Å². The van der Waals surface area contributed by atoms with E-state index in [4.69, 9.17) is 0 Å². The van der Waals surface area contributed by atoms with Gasteiger partial charge < -0.3 is 15.1 Å². The first-order chi connectivity index (χ1) is 13.5. The Balaban J connectivity index is 0.00000300. The minimum atomic E-state index is 0. The summed E-state index contributed by atoms with van der Waals surface area (Å²) in [7, 11) is 5.51. The number of nitrogens with zero attached hydrogens (tertiary/aromatic N) is 6. The Labute approximate surface area is 191 Å². The van der Waals surface area contributed by atoms with E-state index >= 15 is 0 Å². The van der Waals surface area contributed by atoms with E-state index in [1.807, 2.05) is 17.9 Å². The highest BCUT2D eigenvalue weighted by Gasteiger charge is 2.29. The molecular formula is C20H36IN7O. The Morgan fingerprint density at radius 2 is 2.14 bits per heavy atom. The van der Waals surface area contributed by atoms with Crippen molar-refractivity contribution in [2.75, 3.05) is 53.4 Å². The third kappa shape index (κ3) is 6.31. The smallest absolute Gasteiger partial charge is 0.243 e. The summed E-state index contributed by atoms with van der Waals surface area (Å²) >= 11 is 0. The van der Waals surface area contributed by atoms with Gasteiger partial charge in [-0.05, 0) is 37.9 Å². The van der Waals surface area contributed by atoms with Gasteiger partial charge >= 0.3 is 0 Å². The van der Waals surface area contributed by atoms with Crippen molar-refractivity contribution >= 4 is 35.8 Å². The van der Waals surface area contributed by atoms with Gasteiger partial charge in [0, 0.05) is 58.9 Å². The predicted molar refractivity (Wildman–Crippen MR) is 127 cm³/mol. The first-order valence-corrected chi connectivity index (χ1v) is 10.4. The highest BCUT2D eigenvalue weighted by Crippen LogP contribution is 2.26. The SMILES string of the molecule is CCN1CCCC1CNC(=NCC(=O)N(C)C)N1CCC(c2cnn(C)c2)C1.I. The molecule has 1 aromatic heterocycles. The number of aromatic nitrogens is 2. The van der Waals surface area contributed by atoms with Crippen molar-refractivity contribution in [1.82, 2.24) is 29.8 Å². The van der Waals surface area contributed by atoms with Crippen LogP contribution < -0.4 is 5.32 Å². The van der Waals surface area contributed by atoms with Gasteiger partial charge in [0.1, 0.15) is 6.54 Å². The van der Waals surface area contributed by atoms with Crippen LogP contribution >= 0.6 is 24.0 Å². The summed E-state index contributed by atoms with van der Waals surface area (Å²) in [5.41, 5.74) is 1.28. The Morgan fingerprint density at radius 3 is 2.79 bits per heavy atom. The van der Waals surface area contributed by atoms with Gasteiger partial charge in [0.2, 0.25) is 5.91 Å². The first-order valence-electron chi connectivity index (χ1n) is 10.4. The first kappa shape index (κ1) is 23.9. The topological polar surface area (TPSA) is 69.0 Å².